The maximum Gasteiger partial charge on any atom is 0.229 e. The van der Waals surface area contributed by atoms with Gasteiger partial charge in [-0.15, -0.1) is 0 Å². The van der Waals surface area contributed by atoms with Gasteiger partial charge in [0.2, 0.25) is 11.9 Å². The molecule has 43 heavy (non-hydrogen) atoms. The molecule has 1 fully saturated rings. The van der Waals surface area contributed by atoms with Crippen molar-refractivity contribution in [2.75, 3.05) is 23.7 Å². The highest BCUT2D eigenvalue weighted by atomic mass is 35.5. The van der Waals surface area contributed by atoms with E-state index in [1.54, 1.807) is 38.1 Å². The number of carbonyl (C=O) groups is 1. The quantitative estimate of drug-likeness (QED) is 0.263. The first kappa shape index (κ1) is 31.1. The maximum absolute atomic E-state index is 13.0. The Morgan fingerprint density at radius 1 is 1.16 bits per heavy atom. The molecule has 0 bridgehead atoms. The van der Waals surface area contributed by atoms with Crippen LogP contribution in [-0.2, 0) is 21.1 Å². The van der Waals surface area contributed by atoms with Crippen molar-refractivity contribution >= 4 is 50.5 Å². The third kappa shape index (κ3) is 6.45. The number of aromatic nitrogens is 2. The number of hydrogen-bond acceptors (Lipinski definition) is 8. The summed E-state index contributed by atoms with van der Waals surface area (Å²) in [6.45, 7) is 11.1. The minimum Gasteiger partial charge on any atom is -0.488 e. The average Bonchev–Trinajstić information content (AvgIpc) is 3.36. The molecule has 2 N–H and O–H groups in total. The van der Waals surface area contributed by atoms with E-state index in [9.17, 15) is 13.2 Å². The third-order valence-electron chi connectivity index (χ3n) is 8.22. The molecule has 0 radical (unpaired) electrons. The average molecular weight is 626 g/mol. The second-order valence-corrected chi connectivity index (χ2v) is 14.6. The Balaban J connectivity index is 1.41. The number of nitrogens with zero attached hydrogens (tertiary/aromatic N) is 3. The van der Waals surface area contributed by atoms with Crippen LogP contribution >= 0.6 is 11.6 Å². The van der Waals surface area contributed by atoms with Crippen LogP contribution in [0.25, 0.3) is 0 Å². The molecule has 0 saturated carbocycles. The molecule has 1 atom stereocenters. The highest BCUT2D eigenvalue weighted by Crippen LogP contribution is 2.46. The van der Waals surface area contributed by atoms with Gasteiger partial charge in [0.1, 0.15) is 16.9 Å². The van der Waals surface area contributed by atoms with Gasteiger partial charge in [-0.3, -0.25) is 4.79 Å². The smallest absolute Gasteiger partial charge is 0.229 e. The highest BCUT2D eigenvalue weighted by molar-refractivity contribution is 7.92. The zero-order valence-electron chi connectivity index (χ0n) is 25.4. The Labute approximate surface area is 259 Å². The van der Waals surface area contributed by atoms with Gasteiger partial charge in [-0.05, 0) is 82.2 Å². The summed E-state index contributed by atoms with van der Waals surface area (Å²) in [6, 6.07) is 8.80. The fourth-order valence-corrected chi connectivity index (χ4v) is 7.38. The monoisotopic (exact) mass is 625 g/mol. The van der Waals surface area contributed by atoms with Gasteiger partial charge in [0.15, 0.2) is 15.7 Å². The number of aryl methyl sites for hydroxylation is 1. The minimum absolute atomic E-state index is 0.0325. The summed E-state index contributed by atoms with van der Waals surface area (Å²) in [4.78, 5) is 23.6. The second-order valence-electron chi connectivity index (χ2n) is 11.7. The molecule has 0 aliphatic carbocycles. The number of carbonyl (C=O) groups excluding carboxylic acids is 1. The number of sulfone groups is 1. The lowest BCUT2D eigenvalue weighted by Gasteiger charge is -2.34. The molecule has 2 aliphatic heterocycles. The number of halogens is 1. The number of piperidine rings is 1. The lowest BCUT2D eigenvalue weighted by atomic mass is 9.82. The molecule has 1 aromatic heterocycles. The molecule has 1 saturated heterocycles. The van der Waals surface area contributed by atoms with Crippen molar-refractivity contribution in [1.82, 2.24) is 14.9 Å². The Bertz CT molecular complexity index is 1620. The number of amides is 1. The van der Waals surface area contributed by atoms with E-state index in [0.29, 0.717) is 24.0 Å². The van der Waals surface area contributed by atoms with E-state index in [1.807, 2.05) is 11.8 Å². The number of nitrogens with one attached hydrogen (secondary N) is 2. The Hall–Kier alpha value is -3.37. The number of para-hydroxylation sites is 1. The van der Waals surface area contributed by atoms with Crippen LogP contribution in [0.5, 0.6) is 5.75 Å². The molecule has 3 aromatic rings. The number of rotatable bonds is 9. The van der Waals surface area contributed by atoms with E-state index in [-0.39, 0.29) is 27.7 Å². The van der Waals surface area contributed by atoms with Crippen LogP contribution in [0.1, 0.15) is 76.0 Å². The Morgan fingerprint density at radius 3 is 2.58 bits per heavy atom. The second kappa shape index (κ2) is 12.7. The third-order valence-corrected chi connectivity index (χ3v) is 10.7. The first-order chi connectivity index (χ1) is 20.5. The van der Waals surface area contributed by atoms with Crippen LogP contribution in [0, 0.1) is 6.92 Å². The first-order valence-corrected chi connectivity index (χ1v) is 16.9. The summed E-state index contributed by atoms with van der Waals surface area (Å²) in [5, 5.41) is 6.11. The lowest BCUT2D eigenvalue weighted by molar-refractivity contribution is -0.132. The van der Waals surface area contributed by atoms with Crippen molar-refractivity contribution in [2.24, 2.45) is 0 Å². The van der Waals surface area contributed by atoms with Crippen molar-refractivity contribution < 1.29 is 17.9 Å². The number of anilines is 4. The number of ether oxygens (including phenoxy) is 1. The molecule has 3 heterocycles. The molecule has 230 valence electrons. The molecule has 9 nitrogen and oxygen atoms in total. The van der Waals surface area contributed by atoms with E-state index in [1.165, 1.54) is 17.3 Å². The van der Waals surface area contributed by atoms with E-state index >= 15 is 0 Å². The van der Waals surface area contributed by atoms with Gasteiger partial charge in [-0.25, -0.2) is 13.4 Å². The molecule has 2 aliphatic rings. The molecule has 1 amide bonds. The van der Waals surface area contributed by atoms with Crippen LogP contribution in [0.2, 0.25) is 5.02 Å². The van der Waals surface area contributed by atoms with Crippen LogP contribution in [0.4, 0.5) is 23.1 Å². The van der Waals surface area contributed by atoms with E-state index in [2.05, 4.69) is 40.5 Å². The van der Waals surface area contributed by atoms with Gasteiger partial charge >= 0.3 is 0 Å². The summed E-state index contributed by atoms with van der Waals surface area (Å²) < 4.78 is 32.3. The molecule has 5 rings (SSSR count). The van der Waals surface area contributed by atoms with Gasteiger partial charge in [-0.2, -0.15) is 4.98 Å². The summed E-state index contributed by atoms with van der Waals surface area (Å²) >= 11 is 6.46. The van der Waals surface area contributed by atoms with Crippen LogP contribution < -0.4 is 15.4 Å². The standard InChI is InChI=1S/C32H40ClN5O4S/c1-6-9-28(39)38-14-12-22(13-15-38)29-20(4)16-26(30-23(29)17-21(5)42-30)36-32-34-18-24(33)31(37-32)35-25-10-7-8-11-27(25)43(40,41)19(2)3/h7-8,10-11,16,18-19,21-22H,6,9,12-15,17H2,1-5H3,(H2,34,35,36,37)/t21-/m0/s1. The summed E-state index contributed by atoms with van der Waals surface area (Å²) in [5.74, 6) is 2.01. The van der Waals surface area contributed by atoms with Gasteiger partial charge < -0.3 is 20.3 Å². The number of hydrogen-bond donors (Lipinski definition) is 2. The van der Waals surface area contributed by atoms with Crippen molar-refractivity contribution in [1.29, 1.82) is 0 Å². The largest absolute Gasteiger partial charge is 0.488 e. The fourth-order valence-electron chi connectivity index (χ4n) is 6.04. The molecular formula is C32H40ClN5O4S. The molecule has 2 aromatic carbocycles. The van der Waals surface area contributed by atoms with Gasteiger partial charge in [0.25, 0.3) is 0 Å². The number of benzene rings is 2. The minimum atomic E-state index is -3.54. The molecule has 0 unspecified atom stereocenters. The zero-order valence-corrected chi connectivity index (χ0v) is 27.0. The Morgan fingerprint density at radius 2 is 1.88 bits per heavy atom. The van der Waals surface area contributed by atoms with Crippen molar-refractivity contribution in [3.63, 3.8) is 0 Å². The zero-order chi connectivity index (χ0) is 30.9. The topological polar surface area (TPSA) is 114 Å². The van der Waals surface area contributed by atoms with Crippen molar-refractivity contribution in [3.05, 3.63) is 58.2 Å². The summed E-state index contributed by atoms with van der Waals surface area (Å²) in [6.07, 6.45) is 5.68. The predicted octanol–water partition coefficient (Wildman–Crippen LogP) is 6.94. The SMILES string of the molecule is CCCC(=O)N1CCC(c2c(C)cc(Nc3ncc(Cl)c(Nc4ccccc4S(=O)(=O)C(C)C)n3)c3c2C[C@H](C)O3)CC1. The number of fused-ring (bicyclic) bond motifs is 1. The van der Waals surface area contributed by atoms with Crippen LogP contribution in [0.3, 0.4) is 0 Å². The van der Waals surface area contributed by atoms with E-state index < -0.39 is 15.1 Å². The Kier molecular flexibility index (Phi) is 9.18. The summed E-state index contributed by atoms with van der Waals surface area (Å²) in [7, 11) is -3.54. The van der Waals surface area contributed by atoms with E-state index in [4.69, 9.17) is 16.3 Å². The van der Waals surface area contributed by atoms with E-state index in [0.717, 1.165) is 55.8 Å². The van der Waals surface area contributed by atoms with Crippen molar-refractivity contribution in [2.45, 2.75) is 88.9 Å². The maximum atomic E-state index is 13.0. The normalized spacial score (nSPS) is 17.1. The van der Waals surface area contributed by atoms with Crippen LogP contribution in [-0.4, -0.2) is 53.6 Å². The first-order valence-electron chi connectivity index (χ1n) is 15.0. The van der Waals surface area contributed by atoms with Crippen molar-refractivity contribution in [3.8, 4) is 5.75 Å². The lowest BCUT2D eigenvalue weighted by Crippen LogP contribution is -2.38. The molecule has 0 spiro atoms. The van der Waals surface area contributed by atoms with Crippen LogP contribution in [0.15, 0.2) is 41.4 Å². The van der Waals surface area contributed by atoms with Gasteiger partial charge in [0.05, 0.1) is 27.7 Å². The molecule has 11 heteroatoms. The van der Waals surface area contributed by atoms with Gasteiger partial charge in [0, 0.05) is 31.5 Å². The number of likely N-dealkylation sites (tertiary alicyclic amines) is 1. The predicted molar refractivity (Wildman–Crippen MR) is 171 cm³/mol. The highest BCUT2D eigenvalue weighted by Gasteiger charge is 2.33. The summed E-state index contributed by atoms with van der Waals surface area (Å²) in [5.41, 5.74) is 4.86. The molecular weight excluding hydrogens is 586 g/mol. The van der Waals surface area contributed by atoms with Gasteiger partial charge in [-0.1, -0.05) is 30.7 Å². The fraction of sp³-hybridized carbons (Fsp3) is 0.469.